The van der Waals surface area contributed by atoms with Crippen LogP contribution in [0.15, 0.2) is 31.0 Å². The van der Waals surface area contributed by atoms with Crippen molar-refractivity contribution < 1.29 is 32.9 Å². The summed E-state index contributed by atoms with van der Waals surface area (Å²) in [6.45, 7) is 10.4. The Morgan fingerprint density at radius 3 is 2.72 bits per heavy atom. The summed E-state index contributed by atoms with van der Waals surface area (Å²) in [5.41, 5.74) is 5.69. The lowest BCUT2D eigenvalue weighted by Crippen LogP contribution is -2.49. The molecule has 4 aliphatic rings. The second-order valence-corrected chi connectivity index (χ2v) is 14.9. The lowest BCUT2D eigenvalue weighted by atomic mass is 9.80. The SMILES string of the molecule is C=CC(=O)NC1COCCN(c2c3c(nc4c(F)c(-c5ccc(F)c6sc(N)nc56)ncc24)O[C@@H](C2(CN4CCOCC4)CC2)C[C@]3(C)O)C1. The molecular weight excluding hydrogens is 668 g/mol. The van der Waals surface area contributed by atoms with Gasteiger partial charge in [0.2, 0.25) is 11.8 Å². The third-order valence-corrected chi connectivity index (χ3v) is 11.3. The molecule has 2 saturated heterocycles. The van der Waals surface area contributed by atoms with E-state index in [1.165, 1.54) is 24.4 Å². The number of pyridine rings is 2. The summed E-state index contributed by atoms with van der Waals surface area (Å²) >= 11 is 0.978. The highest BCUT2D eigenvalue weighted by Crippen LogP contribution is 2.57. The maximum atomic E-state index is 17.0. The molecular formula is C35H39F2N7O5S. The molecule has 1 amide bonds. The molecule has 1 saturated carbocycles. The van der Waals surface area contributed by atoms with Gasteiger partial charge in [0.15, 0.2) is 10.9 Å². The number of aliphatic hydroxyl groups is 1. The van der Waals surface area contributed by atoms with Gasteiger partial charge in [-0.1, -0.05) is 17.9 Å². The van der Waals surface area contributed by atoms with Crippen LogP contribution >= 0.6 is 11.3 Å². The van der Waals surface area contributed by atoms with E-state index < -0.39 is 23.3 Å². The quantitative estimate of drug-likeness (QED) is 0.241. The number of benzene rings is 1. The summed E-state index contributed by atoms with van der Waals surface area (Å²) < 4.78 is 50.1. The van der Waals surface area contributed by atoms with Crippen LogP contribution in [0.4, 0.5) is 19.6 Å². The number of halogens is 2. The van der Waals surface area contributed by atoms with Crippen LogP contribution in [-0.4, -0.2) is 102 Å². The Balaban J connectivity index is 1.28. The third-order valence-electron chi connectivity index (χ3n) is 10.4. The summed E-state index contributed by atoms with van der Waals surface area (Å²) in [5, 5.41) is 15.8. The van der Waals surface area contributed by atoms with Crippen LogP contribution in [0, 0.1) is 17.0 Å². The normalized spacial score (nSPS) is 25.2. The Morgan fingerprint density at radius 1 is 1.18 bits per heavy atom. The van der Waals surface area contributed by atoms with E-state index in [1.54, 1.807) is 6.92 Å². The topological polar surface area (TPSA) is 148 Å². The summed E-state index contributed by atoms with van der Waals surface area (Å²) in [6.07, 6.45) is 4.55. The fraction of sp³-hybridized carbons (Fsp3) is 0.486. The zero-order valence-electron chi connectivity index (χ0n) is 27.7. The van der Waals surface area contributed by atoms with Crippen molar-refractivity contribution in [1.82, 2.24) is 25.2 Å². The molecule has 0 bridgehead atoms. The van der Waals surface area contributed by atoms with E-state index in [9.17, 15) is 14.3 Å². The van der Waals surface area contributed by atoms with E-state index in [4.69, 9.17) is 24.9 Å². The molecule has 50 heavy (non-hydrogen) atoms. The highest BCUT2D eigenvalue weighted by atomic mass is 32.1. The molecule has 12 nitrogen and oxygen atoms in total. The lowest BCUT2D eigenvalue weighted by Gasteiger charge is -2.43. The Labute approximate surface area is 291 Å². The zero-order chi connectivity index (χ0) is 34.8. The largest absolute Gasteiger partial charge is 0.473 e. The molecule has 1 aliphatic carbocycles. The number of nitrogens with one attached hydrogen (secondary N) is 1. The first-order valence-electron chi connectivity index (χ1n) is 16.9. The predicted octanol–water partition coefficient (Wildman–Crippen LogP) is 3.75. The van der Waals surface area contributed by atoms with E-state index in [2.05, 4.69) is 26.8 Å². The molecule has 0 radical (unpaired) electrons. The minimum absolute atomic E-state index is 0.0178. The molecule has 15 heteroatoms. The average molecular weight is 708 g/mol. The molecule has 3 atom stereocenters. The molecule has 1 aromatic carbocycles. The molecule has 1 unspecified atom stereocenters. The first-order valence-corrected chi connectivity index (χ1v) is 17.7. The van der Waals surface area contributed by atoms with Gasteiger partial charge in [-0.25, -0.2) is 18.7 Å². The number of rotatable bonds is 7. The number of anilines is 2. The molecule has 4 N–H and O–H groups in total. The van der Waals surface area contributed by atoms with Gasteiger partial charge >= 0.3 is 0 Å². The Morgan fingerprint density at radius 2 is 1.96 bits per heavy atom. The first-order chi connectivity index (χ1) is 24.1. The van der Waals surface area contributed by atoms with Gasteiger partial charge in [-0.2, -0.15) is 0 Å². The number of hydrogen-bond acceptors (Lipinski definition) is 12. The summed E-state index contributed by atoms with van der Waals surface area (Å²) in [6, 6.07) is 2.26. The second-order valence-electron chi connectivity index (χ2n) is 13.9. The number of carbonyl (C=O) groups excluding carboxylic acids is 1. The second kappa shape index (κ2) is 12.6. The van der Waals surface area contributed by atoms with Crippen molar-refractivity contribution in [3.63, 3.8) is 0 Å². The minimum Gasteiger partial charge on any atom is -0.473 e. The lowest BCUT2D eigenvalue weighted by molar-refractivity contribution is -0.117. The van der Waals surface area contributed by atoms with Gasteiger partial charge in [0, 0.05) is 61.7 Å². The Kier molecular flexibility index (Phi) is 8.38. The number of morpholine rings is 1. The molecule has 264 valence electrons. The fourth-order valence-electron chi connectivity index (χ4n) is 7.71. The Bertz CT molecular complexity index is 2000. The fourth-order valence-corrected chi connectivity index (χ4v) is 8.48. The van der Waals surface area contributed by atoms with Crippen molar-refractivity contribution in [3.8, 4) is 17.1 Å². The van der Waals surface area contributed by atoms with Crippen molar-refractivity contribution in [2.45, 2.75) is 43.9 Å². The van der Waals surface area contributed by atoms with E-state index in [0.29, 0.717) is 56.0 Å². The predicted molar refractivity (Wildman–Crippen MR) is 185 cm³/mol. The third kappa shape index (κ3) is 5.84. The van der Waals surface area contributed by atoms with Crippen LogP contribution in [0.25, 0.3) is 32.4 Å². The van der Waals surface area contributed by atoms with Crippen LogP contribution in [0.3, 0.4) is 0 Å². The molecule has 4 aromatic rings. The van der Waals surface area contributed by atoms with Crippen LogP contribution < -0.4 is 20.7 Å². The highest BCUT2D eigenvalue weighted by molar-refractivity contribution is 7.22. The zero-order valence-corrected chi connectivity index (χ0v) is 28.5. The van der Waals surface area contributed by atoms with Gasteiger partial charge in [0.1, 0.15) is 23.1 Å². The monoisotopic (exact) mass is 707 g/mol. The van der Waals surface area contributed by atoms with E-state index >= 15 is 4.39 Å². The van der Waals surface area contributed by atoms with Crippen LogP contribution in [0.2, 0.25) is 0 Å². The average Bonchev–Trinajstić information content (AvgIpc) is 3.82. The summed E-state index contributed by atoms with van der Waals surface area (Å²) in [4.78, 5) is 30.3. The number of fused-ring (bicyclic) bond motifs is 3. The molecule has 3 aromatic heterocycles. The van der Waals surface area contributed by atoms with E-state index in [-0.39, 0.29) is 62.0 Å². The number of nitrogens with zero attached hydrogens (tertiary/aromatic N) is 5. The van der Waals surface area contributed by atoms with E-state index in [0.717, 1.165) is 43.8 Å². The number of thiazole rings is 1. The van der Waals surface area contributed by atoms with Crippen LogP contribution in [-0.2, 0) is 19.9 Å². The van der Waals surface area contributed by atoms with Gasteiger partial charge in [-0.05, 0) is 38.0 Å². The number of nitrogen functional groups attached to an aromatic ring is 1. The van der Waals surface area contributed by atoms with Gasteiger partial charge in [0.05, 0.1) is 59.5 Å². The van der Waals surface area contributed by atoms with Gasteiger partial charge < -0.3 is 35.3 Å². The first kappa shape index (κ1) is 33.1. The standard InChI is InChI=1S/C35H39F2N7O5S/c1-3-24(45)40-19-16-44(10-13-48-17-19)30-21-15-39-27(20-4-5-22(36)31-29(20)42-33(38)50-31)26(37)28(21)41-32-25(30)34(2,46)14-23(49-32)35(6-7-35)18-43-8-11-47-12-9-43/h3-5,15,19,23,46H,1,6-14,16-18H2,2H3,(H2,38,42)(H,40,45)/t19?,23-,34+/m1/s1. The number of hydrogen-bond donors (Lipinski definition) is 3. The van der Waals surface area contributed by atoms with Gasteiger partial charge in [0.25, 0.3) is 0 Å². The molecule has 6 heterocycles. The number of ether oxygens (including phenoxy) is 3. The van der Waals surface area contributed by atoms with Crippen molar-refractivity contribution in [1.29, 1.82) is 0 Å². The van der Waals surface area contributed by atoms with Crippen molar-refractivity contribution in [3.05, 3.63) is 48.2 Å². The van der Waals surface area contributed by atoms with Crippen LogP contribution in [0.1, 0.15) is 31.7 Å². The summed E-state index contributed by atoms with van der Waals surface area (Å²) in [5.74, 6) is -1.45. The maximum absolute atomic E-state index is 17.0. The number of carbonyl (C=O) groups is 1. The highest BCUT2D eigenvalue weighted by Gasteiger charge is 2.56. The molecule has 3 fully saturated rings. The summed E-state index contributed by atoms with van der Waals surface area (Å²) in [7, 11) is 0. The maximum Gasteiger partial charge on any atom is 0.243 e. The van der Waals surface area contributed by atoms with Crippen LogP contribution in [0.5, 0.6) is 5.88 Å². The van der Waals surface area contributed by atoms with E-state index in [1.807, 2.05) is 4.90 Å². The molecule has 0 spiro atoms. The molecule has 8 rings (SSSR count). The van der Waals surface area contributed by atoms with Crippen molar-refractivity contribution in [2.24, 2.45) is 5.41 Å². The Hall–Kier alpha value is -4.02. The number of amides is 1. The van der Waals surface area contributed by atoms with Crippen molar-refractivity contribution >= 4 is 49.2 Å². The van der Waals surface area contributed by atoms with Gasteiger partial charge in [-0.15, -0.1) is 0 Å². The van der Waals surface area contributed by atoms with Gasteiger partial charge in [-0.3, -0.25) is 14.7 Å². The smallest absolute Gasteiger partial charge is 0.243 e. The minimum atomic E-state index is -1.40. The van der Waals surface area contributed by atoms with Crippen molar-refractivity contribution in [2.75, 3.05) is 69.8 Å². The number of aromatic nitrogens is 3. The number of nitrogens with two attached hydrogens (primary N) is 1. The molecule has 3 aliphatic heterocycles.